The van der Waals surface area contributed by atoms with E-state index in [1.165, 1.54) is 0 Å². The van der Waals surface area contributed by atoms with Crippen molar-refractivity contribution in [3.05, 3.63) is 0 Å². The van der Waals surface area contributed by atoms with Gasteiger partial charge >= 0.3 is 0 Å². The zero-order valence-electron chi connectivity index (χ0n) is 12.6. The van der Waals surface area contributed by atoms with Gasteiger partial charge in [0.1, 0.15) is 5.41 Å². The Labute approximate surface area is 121 Å². The van der Waals surface area contributed by atoms with Crippen LogP contribution < -0.4 is 5.32 Å². The van der Waals surface area contributed by atoms with Crippen molar-refractivity contribution in [2.75, 3.05) is 32.8 Å². The molecule has 0 atom stereocenters. The van der Waals surface area contributed by atoms with E-state index in [0.29, 0.717) is 19.4 Å². The van der Waals surface area contributed by atoms with Crippen molar-refractivity contribution in [2.24, 2.45) is 5.41 Å². The van der Waals surface area contributed by atoms with Crippen molar-refractivity contribution in [2.45, 2.75) is 45.1 Å². The highest BCUT2D eigenvalue weighted by Crippen LogP contribution is 2.37. The largest absolute Gasteiger partial charge is 0.379 e. The van der Waals surface area contributed by atoms with Crippen molar-refractivity contribution in [3.63, 3.8) is 0 Å². The van der Waals surface area contributed by atoms with Gasteiger partial charge in [-0.2, -0.15) is 5.26 Å². The summed E-state index contributed by atoms with van der Waals surface area (Å²) >= 11 is 0. The molecule has 112 valence electrons. The van der Waals surface area contributed by atoms with E-state index in [2.05, 4.69) is 30.1 Å². The quantitative estimate of drug-likeness (QED) is 0.842. The highest BCUT2D eigenvalue weighted by Gasteiger charge is 2.42. The third kappa shape index (κ3) is 3.13. The molecule has 0 aromatic carbocycles. The smallest absolute Gasteiger partial charge is 0.240 e. The summed E-state index contributed by atoms with van der Waals surface area (Å²) in [5, 5.41) is 12.3. The van der Waals surface area contributed by atoms with Crippen LogP contribution in [0.3, 0.4) is 0 Å². The van der Waals surface area contributed by atoms with Gasteiger partial charge in [0.25, 0.3) is 0 Å². The molecule has 1 amide bonds. The topological polar surface area (TPSA) is 65.4 Å². The Bertz CT molecular complexity index is 388. The molecule has 0 bridgehead atoms. The minimum Gasteiger partial charge on any atom is -0.379 e. The number of carbonyl (C=O) groups is 1. The maximum absolute atomic E-state index is 12.4. The number of ether oxygens (including phenoxy) is 1. The lowest BCUT2D eigenvalue weighted by Crippen LogP contribution is -2.56. The van der Waals surface area contributed by atoms with E-state index in [9.17, 15) is 10.1 Å². The van der Waals surface area contributed by atoms with Crippen molar-refractivity contribution < 1.29 is 9.53 Å². The highest BCUT2D eigenvalue weighted by atomic mass is 16.5. The molecule has 0 unspecified atom stereocenters. The molecule has 0 aromatic heterocycles. The molecular formula is C15H25N3O2. The van der Waals surface area contributed by atoms with E-state index >= 15 is 0 Å². The molecule has 2 rings (SSSR count). The minimum absolute atomic E-state index is 0.0844. The number of nitrogens with one attached hydrogen (secondary N) is 1. The Morgan fingerprint density at radius 2 is 1.95 bits per heavy atom. The number of nitriles is 1. The van der Waals surface area contributed by atoms with Crippen LogP contribution in [0.5, 0.6) is 0 Å². The molecule has 0 aromatic rings. The SMILES string of the molecule is CC(C)(CNC(=O)C1(C#N)CCCC1)N1CCOCC1. The number of carbonyl (C=O) groups excluding carboxylic acids is 1. The normalized spacial score (nSPS) is 23.2. The van der Waals surface area contributed by atoms with E-state index < -0.39 is 5.41 Å². The number of amides is 1. The third-order valence-corrected chi connectivity index (χ3v) is 4.65. The van der Waals surface area contributed by atoms with Gasteiger partial charge in [0, 0.05) is 25.2 Å². The van der Waals surface area contributed by atoms with E-state index in [-0.39, 0.29) is 11.4 Å². The standard InChI is InChI=1S/C15H25N3O2/c1-14(2,18-7-9-20-10-8-18)12-17-13(19)15(11-16)5-3-4-6-15/h3-10,12H2,1-2H3,(H,17,19). The molecule has 2 aliphatic rings. The lowest BCUT2D eigenvalue weighted by Gasteiger charge is -2.41. The first kappa shape index (κ1) is 15.3. The third-order valence-electron chi connectivity index (χ3n) is 4.65. The molecule has 0 spiro atoms. The van der Waals surface area contributed by atoms with E-state index in [4.69, 9.17) is 4.74 Å². The van der Waals surface area contributed by atoms with Crippen molar-refractivity contribution in [1.82, 2.24) is 10.2 Å². The van der Waals surface area contributed by atoms with Crippen LogP contribution in [-0.4, -0.2) is 49.2 Å². The molecule has 2 fully saturated rings. The second-order valence-electron chi connectivity index (χ2n) is 6.50. The zero-order valence-corrected chi connectivity index (χ0v) is 12.6. The van der Waals surface area contributed by atoms with Crippen LogP contribution in [0.15, 0.2) is 0 Å². The number of nitrogens with zero attached hydrogens (tertiary/aromatic N) is 2. The molecule has 1 aliphatic carbocycles. The lowest BCUT2D eigenvalue weighted by molar-refractivity contribution is -0.128. The number of hydrogen-bond donors (Lipinski definition) is 1. The predicted octanol–water partition coefficient (Wildman–Crippen LogP) is 1.30. The number of hydrogen-bond acceptors (Lipinski definition) is 4. The van der Waals surface area contributed by atoms with Gasteiger partial charge in [0.2, 0.25) is 5.91 Å². The number of morpholine rings is 1. The maximum atomic E-state index is 12.4. The van der Waals surface area contributed by atoms with Crippen LogP contribution in [0, 0.1) is 16.7 Å². The van der Waals surface area contributed by atoms with Gasteiger partial charge in [-0.3, -0.25) is 9.69 Å². The minimum atomic E-state index is -0.777. The van der Waals surface area contributed by atoms with Crippen LogP contribution in [0.1, 0.15) is 39.5 Å². The van der Waals surface area contributed by atoms with Crippen LogP contribution >= 0.6 is 0 Å². The second kappa shape index (κ2) is 6.11. The summed E-state index contributed by atoms with van der Waals surface area (Å²) in [4.78, 5) is 14.7. The van der Waals surface area contributed by atoms with Crippen LogP contribution in [0.25, 0.3) is 0 Å². The van der Waals surface area contributed by atoms with Crippen LogP contribution in [-0.2, 0) is 9.53 Å². The monoisotopic (exact) mass is 279 g/mol. The molecule has 0 radical (unpaired) electrons. The Morgan fingerprint density at radius 3 is 2.50 bits per heavy atom. The summed E-state index contributed by atoms with van der Waals surface area (Å²) < 4.78 is 5.36. The fraction of sp³-hybridized carbons (Fsp3) is 0.867. The molecule has 1 saturated heterocycles. The Kier molecular flexibility index (Phi) is 4.66. The molecule has 1 N–H and O–H groups in total. The van der Waals surface area contributed by atoms with Crippen LogP contribution in [0.4, 0.5) is 0 Å². The van der Waals surface area contributed by atoms with Gasteiger partial charge in [0.15, 0.2) is 0 Å². The Balaban J connectivity index is 1.90. The van der Waals surface area contributed by atoms with Crippen LogP contribution in [0.2, 0.25) is 0 Å². The first-order valence-electron chi connectivity index (χ1n) is 7.53. The lowest BCUT2D eigenvalue weighted by atomic mass is 9.86. The Morgan fingerprint density at radius 1 is 1.35 bits per heavy atom. The van der Waals surface area contributed by atoms with Gasteiger partial charge in [-0.15, -0.1) is 0 Å². The van der Waals surface area contributed by atoms with Crippen molar-refractivity contribution in [1.29, 1.82) is 5.26 Å². The summed E-state index contributed by atoms with van der Waals surface area (Å²) in [5.74, 6) is -0.0844. The van der Waals surface area contributed by atoms with Crippen molar-refractivity contribution in [3.8, 4) is 6.07 Å². The van der Waals surface area contributed by atoms with Gasteiger partial charge in [-0.1, -0.05) is 12.8 Å². The molecule has 5 nitrogen and oxygen atoms in total. The summed E-state index contributed by atoms with van der Waals surface area (Å²) in [6.45, 7) is 8.13. The highest BCUT2D eigenvalue weighted by molar-refractivity contribution is 5.85. The van der Waals surface area contributed by atoms with Gasteiger partial charge in [-0.25, -0.2) is 0 Å². The average molecular weight is 279 g/mol. The number of rotatable bonds is 4. The molecule has 1 aliphatic heterocycles. The molecular weight excluding hydrogens is 254 g/mol. The predicted molar refractivity (Wildman–Crippen MR) is 76.0 cm³/mol. The Hall–Kier alpha value is -1.12. The van der Waals surface area contributed by atoms with E-state index in [1.807, 2.05) is 0 Å². The van der Waals surface area contributed by atoms with E-state index in [1.54, 1.807) is 0 Å². The summed E-state index contributed by atoms with van der Waals surface area (Å²) in [5.41, 5.74) is -0.879. The molecule has 20 heavy (non-hydrogen) atoms. The first-order valence-corrected chi connectivity index (χ1v) is 7.53. The summed E-state index contributed by atoms with van der Waals surface area (Å²) in [7, 11) is 0. The molecule has 1 saturated carbocycles. The first-order chi connectivity index (χ1) is 9.50. The molecule has 5 heteroatoms. The average Bonchev–Trinajstić information content (AvgIpc) is 2.96. The zero-order chi connectivity index (χ0) is 14.6. The van der Waals surface area contributed by atoms with Crippen molar-refractivity contribution >= 4 is 5.91 Å². The van der Waals surface area contributed by atoms with Gasteiger partial charge in [0.05, 0.1) is 19.3 Å². The fourth-order valence-electron chi connectivity index (χ4n) is 3.11. The van der Waals surface area contributed by atoms with Gasteiger partial charge < -0.3 is 10.1 Å². The maximum Gasteiger partial charge on any atom is 0.240 e. The summed E-state index contributed by atoms with van der Waals surface area (Å²) in [6.07, 6.45) is 3.36. The van der Waals surface area contributed by atoms with Gasteiger partial charge in [-0.05, 0) is 26.7 Å². The molecule has 1 heterocycles. The second-order valence-corrected chi connectivity index (χ2v) is 6.50. The fourth-order valence-corrected chi connectivity index (χ4v) is 3.11. The van der Waals surface area contributed by atoms with E-state index in [0.717, 1.165) is 39.1 Å². The summed E-state index contributed by atoms with van der Waals surface area (Å²) in [6, 6.07) is 2.25.